The SMILES string of the molecule is CSc1nc(Nc2ccc(N3CCOCC3)cc2)cc(N2CCN(C(=O)CN3CCCCC3)CC2)n1. The average Bonchev–Trinajstić information content (AvgIpc) is 2.94. The third-order valence-corrected chi connectivity index (χ3v) is 7.70. The number of nitrogens with zero attached hydrogens (tertiary/aromatic N) is 6. The molecule has 36 heavy (non-hydrogen) atoms. The number of thioether (sulfide) groups is 1. The lowest BCUT2D eigenvalue weighted by atomic mass is 10.1. The second-order valence-electron chi connectivity index (χ2n) is 9.57. The Labute approximate surface area is 218 Å². The number of carbonyl (C=O) groups is 1. The van der Waals surface area contributed by atoms with E-state index in [0.29, 0.717) is 6.54 Å². The predicted octanol–water partition coefficient (Wildman–Crippen LogP) is 2.91. The molecule has 3 fully saturated rings. The third-order valence-electron chi connectivity index (χ3n) is 7.15. The summed E-state index contributed by atoms with van der Waals surface area (Å²) in [5.74, 6) is 1.95. The fourth-order valence-electron chi connectivity index (χ4n) is 5.05. The summed E-state index contributed by atoms with van der Waals surface area (Å²) in [6, 6.07) is 10.5. The van der Waals surface area contributed by atoms with Gasteiger partial charge >= 0.3 is 0 Å². The molecule has 0 unspecified atom stereocenters. The summed E-state index contributed by atoms with van der Waals surface area (Å²) in [4.78, 5) is 31.2. The van der Waals surface area contributed by atoms with Crippen molar-refractivity contribution < 1.29 is 9.53 Å². The zero-order valence-corrected chi connectivity index (χ0v) is 22.0. The number of aromatic nitrogens is 2. The van der Waals surface area contributed by atoms with Crippen molar-refractivity contribution in [3.8, 4) is 0 Å². The highest BCUT2D eigenvalue weighted by Gasteiger charge is 2.24. The van der Waals surface area contributed by atoms with Gasteiger partial charge in [-0.15, -0.1) is 0 Å². The summed E-state index contributed by atoms with van der Waals surface area (Å²) in [5.41, 5.74) is 2.21. The summed E-state index contributed by atoms with van der Waals surface area (Å²) in [6.07, 6.45) is 5.70. The number of nitrogens with one attached hydrogen (secondary N) is 1. The number of piperidine rings is 1. The largest absolute Gasteiger partial charge is 0.378 e. The van der Waals surface area contributed by atoms with Gasteiger partial charge in [0.05, 0.1) is 19.8 Å². The summed E-state index contributed by atoms with van der Waals surface area (Å²) < 4.78 is 5.46. The Hall–Kier alpha value is -2.56. The Bertz CT molecular complexity index is 1000. The van der Waals surface area contributed by atoms with Crippen LogP contribution in [0.25, 0.3) is 0 Å². The van der Waals surface area contributed by atoms with Crippen molar-refractivity contribution in [3.63, 3.8) is 0 Å². The van der Waals surface area contributed by atoms with Crippen LogP contribution < -0.4 is 15.1 Å². The van der Waals surface area contributed by atoms with E-state index in [1.807, 2.05) is 17.2 Å². The van der Waals surface area contributed by atoms with E-state index in [4.69, 9.17) is 9.72 Å². The van der Waals surface area contributed by atoms with E-state index in [1.54, 1.807) is 11.8 Å². The van der Waals surface area contributed by atoms with Gasteiger partial charge in [-0.25, -0.2) is 9.97 Å². The average molecular weight is 512 g/mol. The molecule has 0 saturated carbocycles. The van der Waals surface area contributed by atoms with Crippen LogP contribution in [0.3, 0.4) is 0 Å². The maximum atomic E-state index is 12.8. The molecule has 9 nitrogen and oxygen atoms in total. The number of likely N-dealkylation sites (tertiary alicyclic amines) is 1. The molecular formula is C26H37N7O2S. The Morgan fingerprint density at radius 3 is 2.33 bits per heavy atom. The van der Waals surface area contributed by atoms with Crippen molar-refractivity contribution in [2.24, 2.45) is 0 Å². The molecule has 3 aliphatic rings. The first-order valence-electron chi connectivity index (χ1n) is 13.1. The molecule has 5 rings (SSSR count). The van der Waals surface area contributed by atoms with Crippen LogP contribution in [0.4, 0.5) is 23.0 Å². The zero-order valence-electron chi connectivity index (χ0n) is 21.2. The van der Waals surface area contributed by atoms with Crippen LogP contribution >= 0.6 is 11.8 Å². The lowest BCUT2D eigenvalue weighted by molar-refractivity contribution is -0.132. The summed E-state index contributed by atoms with van der Waals surface area (Å²) in [5, 5.41) is 4.20. The summed E-state index contributed by atoms with van der Waals surface area (Å²) in [6.45, 7) is 9.10. The minimum absolute atomic E-state index is 0.256. The lowest BCUT2D eigenvalue weighted by Crippen LogP contribution is -2.51. The summed E-state index contributed by atoms with van der Waals surface area (Å²) >= 11 is 1.54. The molecule has 4 heterocycles. The quantitative estimate of drug-likeness (QED) is 0.446. The van der Waals surface area contributed by atoms with Gasteiger partial charge in [-0.1, -0.05) is 18.2 Å². The number of hydrogen-bond donors (Lipinski definition) is 1. The molecule has 1 amide bonds. The number of morpholine rings is 1. The van der Waals surface area contributed by atoms with Gasteiger partial charge in [-0.2, -0.15) is 0 Å². The van der Waals surface area contributed by atoms with Gasteiger partial charge in [-0.05, 0) is 56.5 Å². The number of piperazine rings is 1. The Morgan fingerprint density at radius 2 is 1.64 bits per heavy atom. The van der Waals surface area contributed by atoms with E-state index < -0.39 is 0 Å². The van der Waals surface area contributed by atoms with Crippen LogP contribution in [0.1, 0.15) is 19.3 Å². The third kappa shape index (κ3) is 6.41. The van der Waals surface area contributed by atoms with Gasteiger partial charge in [0, 0.05) is 56.7 Å². The molecule has 0 radical (unpaired) electrons. The van der Waals surface area contributed by atoms with Gasteiger partial charge in [-0.3, -0.25) is 9.69 Å². The predicted molar refractivity (Wildman–Crippen MR) is 146 cm³/mol. The van der Waals surface area contributed by atoms with Crippen LogP contribution in [0, 0.1) is 0 Å². The molecular weight excluding hydrogens is 474 g/mol. The minimum atomic E-state index is 0.256. The first-order valence-corrected chi connectivity index (χ1v) is 14.3. The molecule has 0 spiro atoms. The van der Waals surface area contributed by atoms with Crippen LogP contribution in [0.15, 0.2) is 35.5 Å². The maximum absolute atomic E-state index is 12.8. The molecule has 1 aromatic heterocycles. The van der Waals surface area contributed by atoms with E-state index in [0.717, 1.165) is 88.1 Å². The molecule has 10 heteroatoms. The van der Waals surface area contributed by atoms with Crippen molar-refractivity contribution in [1.82, 2.24) is 19.8 Å². The monoisotopic (exact) mass is 511 g/mol. The van der Waals surface area contributed by atoms with E-state index in [-0.39, 0.29) is 5.91 Å². The van der Waals surface area contributed by atoms with Crippen molar-refractivity contribution in [3.05, 3.63) is 30.3 Å². The zero-order chi connectivity index (χ0) is 24.7. The van der Waals surface area contributed by atoms with Crippen molar-refractivity contribution in [2.75, 3.05) is 93.5 Å². The number of benzene rings is 1. The fraction of sp³-hybridized carbons (Fsp3) is 0.577. The molecule has 194 valence electrons. The molecule has 0 aliphatic carbocycles. The Balaban J connectivity index is 1.19. The first-order chi connectivity index (χ1) is 17.7. The number of ether oxygens (including phenoxy) is 1. The first kappa shape index (κ1) is 25.1. The Morgan fingerprint density at radius 1 is 0.917 bits per heavy atom. The second kappa shape index (κ2) is 12.1. The van der Waals surface area contributed by atoms with Crippen molar-refractivity contribution in [1.29, 1.82) is 0 Å². The molecule has 1 N–H and O–H groups in total. The highest BCUT2D eigenvalue weighted by Crippen LogP contribution is 2.26. The number of amides is 1. The van der Waals surface area contributed by atoms with Gasteiger partial charge in [0.15, 0.2) is 5.16 Å². The number of carbonyl (C=O) groups excluding carboxylic acids is 1. The molecule has 2 aromatic rings. The number of anilines is 4. The van der Waals surface area contributed by atoms with E-state index in [1.165, 1.54) is 24.9 Å². The van der Waals surface area contributed by atoms with Gasteiger partial charge in [0.2, 0.25) is 5.91 Å². The molecule has 0 atom stereocenters. The van der Waals surface area contributed by atoms with Crippen LogP contribution in [-0.2, 0) is 9.53 Å². The van der Waals surface area contributed by atoms with E-state index in [9.17, 15) is 4.79 Å². The van der Waals surface area contributed by atoms with Gasteiger partial charge in [0.25, 0.3) is 0 Å². The maximum Gasteiger partial charge on any atom is 0.236 e. The standard InChI is InChI=1S/C26H37N7O2S/c1-36-26-28-23(27-21-5-7-22(8-6-21)31-15-17-35-18-16-31)19-24(29-26)32-11-13-33(14-12-32)25(34)20-30-9-3-2-4-10-30/h5-8,19H,2-4,9-18,20H2,1H3,(H,27,28,29). The van der Waals surface area contributed by atoms with Gasteiger partial charge < -0.3 is 24.8 Å². The van der Waals surface area contributed by atoms with Crippen molar-refractivity contribution in [2.45, 2.75) is 24.4 Å². The fourth-order valence-corrected chi connectivity index (χ4v) is 5.42. The lowest BCUT2D eigenvalue weighted by Gasteiger charge is -2.37. The number of rotatable bonds is 7. The molecule has 3 saturated heterocycles. The minimum Gasteiger partial charge on any atom is -0.378 e. The highest BCUT2D eigenvalue weighted by molar-refractivity contribution is 7.98. The highest BCUT2D eigenvalue weighted by atomic mass is 32.2. The normalized spacial score (nSPS) is 19.4. The van der Waals surface area contributed by atoms with E-state index >= 15 is 0 Å². The van der Waals surface area contributed by atoms with E-state index in [2.05, 4.69) is 49.3 Å². The smallest absolute Gasteiger partial charge is 0.236 e. The van der Waals surface area contributed by atoms with Crippen LogP contribution in [0.5, 0.6) is 0 Å². The van der Waals surface area contributed by atoms with Crippen molar-refractivity contribution >= 4 is 40.7 Å². The van der Waals surface area contributed by atoms with Gasteiger partial charge in [0.1, 0.15) is 11.6 Å². The number of hydrogen-bond acceptors (Lipinski definition) is 9. The molecule has 1 aromatic carbocycles. The topological polar surface area (TPSA) is 77.1 Å². The Kier molecular flexibility index (Phi) is 8.45. The molecule has 3 aliphatic heterocycles. The van der Waals surface area contributed by atoms with Crippen LogP contribution in [-0.4, -0.2) is 104 Å². The second-order valence-corrected chi connectivity index (χ2v) is 10.3. The molecule has 0 bridgehead atoms. The summed E-state index contributed by atoms with van der Waals surface area (Å²) in [7, 11) is 0. The van der Waals surface area contributed by atoms with Crippen LogP contribution in [0.2, 0.25) is 0 Å².